The van der Waals surface area contributed by atoms with Crippen molar-refractivity contribution < 1.29 is 0 Å². The van der Waals surface area contributed by atoms with Crippen molar-refractivity contribution in [3.63, 3.8) is 0 Å². The van der Waals surface area contributed by atoms with Crippen LogP contribution in [0.2, 0.25) is 0 Å². The lowest BCUT2D eigenvalue weighted by Crippen LogP contribution is -2.20. The first-order chi connectivity index (χ1) is 10.3. The summed E-state index contributed by atoms with van der Waals surface area (Å²) < 4.78 is 0. The zero-order valence-electron chi connectivity index (χ0n) is 13.5. The quantitative estimate of drug-likeness (QED) is 0.489. The Balaban J connectivity index is 1.70. The summed E-state index contributed by atoms with van der Waals surface area (Å²) in [5, 5.41) is 0. The van der Waals surface area contributed by atoms with E-state index in [2.05, 4.69) is 54.9 Å². The molecule has 21 heavy (non-hydrogen) atoms. The molecule has 2 rings (SSSR count). The second-order valence-corrected chi connectivity index (χ2v) is 6.03. The Labute approximate surface area is 130 Å². The van der Waals surface area contributed by atoms with E-state index in [-0.39, 0.29) is 0 Å². The van der Waals surface area contributed by atoms with Gasteiger partial charge in [0.15, 0.2) is 0 Å². The first kappa shape index (κ1) is 15.9. The van der Waals surface area contributed by atoms with Crippen molar-refractivity contribution in [1.29, 1.82) is 0 Å². The largest absolute Gasteiger partial charge is 0.347 e. The average Bonchev–Trinajstić information content (AvgIpc) is 2.52. The van der Waals surface area contributed by atoms with E-state index in [1.54, 1.807) is 0 Å². The fourth-order valence-electron chi connectivity index (χ4n) is 2.96. The molecular weight excluding hydrogens is 254 g/mol. The molecule has 1 heterocycles. The van der Waals surface area contributed by atoms with E-state index in [0.717, 1.165) is 12.1 Å². The molecule has 0 fully saturated rings. The van der Waals surface area contributed by atoms with Gasteiger partial charge in [0.05, 0.1) is 0 Å². The standard InChI is InChI=1S/C20H29N/c1-3-4-5-6-7-8-9-12-16-21-17-15-18(2)19-13-10-11-14-20(19)21/h10-11,13-15,17H,2-9,12,16H2,1H3. The molecule has 0 saturated heterocycles. The van der Waals surface area contributed by atoms with Crippen LogP contribution in [0.25, 0.3) is 5.57 Å². The van der Waals surface area contributed by atoms with Gasteiger partial charge in [0, 0.05) is 24.0 Å². The van der Waals surface area contributed by atoms with Gasteiger partial charge < -0.3 is 4.90 Å². The number of rotatable bonds is 9. The Morgan fingerprint density at radius 3 is 2.33 bits per heavy atom. The second-order valence-electron chi connectivity index (χ2n) is 6.03. The zero-order chi connectivity index (χ0) is 14.9. The minimum absolute atomic E-state index is 1.12. The SMILES string of the molecule is C=C1C=CN(CCCCCCCCCC)c2ccccc21. The molecule has 0 amide bonds. The molecule has 0 aromatic heterocycles. The summed E-state index contributed by atoms with van der Waals surface area (Å²) in [6, 6.07) is 8.58. The maximum atomic E-state index is 4.12. The molecule has 0 N–H and O–H groups in total. The van der Waals surface area contributed by atoms with Gasteiger partial charge in [-0.15, -0.1) is 0 Å². The minimum atomic E-state index is 1.12. The lowest BCUT2D eigenvalue weighted by Gasteiger charge is -2.27. The molecule has 0 unspecified atom stereocenters. The highest BCUT2D eigenvalue weighted by atomic mass is 15.1. The van der Waals surface area contributed by atoms with Crippen LogP contribution in [-0.2, 0) is 0 Å². The Morgan fingerprint density at radius 2 is 1.57 bits per heavy atom. The van der Waals surface area contributed by atoms with E-state index in [9.17, 15) is 0 Å². The maximum Gasteiger partial charge on any atom is 0.0485 e. The molecule has 0 radical (unpaired) electrons. The third kappa shape index (κ3) is 4.77. The Bertz CT molecular complexity index is 472. The first-order valence-corrected chi connectivity index (χ1v) is 8.56. The molecule has 114 valence electrons. The fraction of sp³-hybridized carbons (Fsp3) is 0.500. The lowest BCUT2D eigenvalue weighted by molar-refractivity contribution is 0.576. The molecule has 1 aromatic carbocycles. The second kappa shape index (κ2) is 8.71. The Morgan fingerprint density at radius 1 is 0.905 bits per heavy atom. The molecule has 0 atom stereocenters. The van der Waals surface area contributed by atoms with Crippen LogP contribution in [0, 0.1) is 0 Å². The molecule has 0 aliphatic carbocycles. The molecule has 1 aromatic rings. The minimum Gasteiger partial charge on any atom is -0.347 e. The van der Waals surface area contributed by atoms with Crippen LogP contribution >= 0.6 is 0 Å². The monoisotopic (exact) mass is 283 g/mol. The van der Waals surface area contributed by atoms with Crippen LogP contribution in [0.5, 0.6) is 0 Å². The summed E-state index contributed by atoms with van der Waals surface area (Å²) in [6.45, 7) is 7.52. The number of hydrogen-bond acceptors (Lipinski definition) is 1. The number of anilines is 1. The normalized spacial score (nSPS) is 13.6. The summed E-state index contributed by atoms with van der Waals surface area (Å²) in [5.41, 5.74) is 3.71. The van der Waals surface area contributed by atoms with Crippen LogP contribution in [-0.4, -0.2) is 6.54 Å². The summed E-state index contributed by atoms with van der Waals surface area (Å²) >= 11 is 0. The third-order valence-corrected chi connectivity index (χ3v) is 4.27. The van der Waals surface area contributed by atoms with Gasteiger partial charge in [-0.25, -0.2) is 0 Å². The summed E-state index contributed by atoms with van der Waals surface area (Å²) in [5.74, 6) is 0. The van der Waals surface area contributed by atoms with Crippen molar-refractivity contribution >= 4 is 11.3 Å². The van der Waals surface area contributed by atoms with Gasteiger partial charge in [-0.3, -0.25) is 0 Å². The smallest absolute Gasteiger partial charge is 0.0485 e. The topological polar surface area (TPSA) is 3.24 Å². The lowest BCUT2D eigenvalue weighted by atomic mass is 10.0. The number of para-hydroxylation sites is 1. The van der Waals surface area contributed by atoms with E-state index >= 15 is 0 Å². The van der Waals surface area contributed by atoms with Gasteiger partial charge in [0.1, 0.15) is 0 Å². The Kier molecular flexibility index (Phi) is 6.59. The molecule has 0 spiro atoms. The van der Waals surface area contributed by atoms with Gasteiger partial charge in [-0.1, -0.05) is 76.6 Å². The summed E-state index contributed by atoms with van der Waals surface area (Å²) in [6.07, 6.45) is 15.3. The molecule has 1 nitrogen and oxygen atoms in total. The van der Waals surface area contributed by atoms with Gasteiger partial charge >= 0.3 is 0 Å². The van der Waals surface area contributed by atoms with Crippen LogP contribution in [0.4, 0.5) is 5.69 Å². The van der Waals surface area contributed by atoms with Crippen LogP contribution < -0.4 is 4.90 Å². The Hall–Kier alpha value is -1.50. The van der Waals surface area contributed by atoms with Gasteiger partial charge in [0.2, 0.25) is 0 Å². The van der Waals surface area contributed by atoms with Crippen molar-refractivity contribution in [2.75, 3.05) is 11.4 Å². The highest BCUT2D eigenvalue weighted by molar-refractivity contribution is 5.84. The van der Waals surface area contributed by atoms with Crippen LogP contribution in [0.1, 0.15) is 63.9 Å². The number of nitrogens with zero attached hydrogens (tertiary/aromatic N) is 1. The molecule has 1 aliphatic rings. The molecule has 0 saturated carbocycles. The summed E-state index contributed by atoms with van der Waals surface area (Å²) in [4.78, 5) is 2.38. The van der Waals surface area contributed by atoms with Crippen molar-refractivity contribution in [2.24, 2.45) is 0 Å². The number of allylic oxidation sites excluding steroid dienone is 2. The highest BCUT2D eigenvalue weighted by Crippen LogP contribution is 2.31. The van der Waals surface area contributed by atoms with E-state index in [4.69, 9.17) is 0 Å². The zero-order valence-corrected chi connectivity index (χ0v) is 13.5. The van der Waals surface area contributed by atoms with Gasteiger partial charge in [-0.05, 0) is 24.1 Å². The predicted molar refractivity (Wildman–Crippen MR) is 94.6 cm³/mol. The van der Waals surface area contributed by atoms with Crippen molar-refractivity contribution in [3.05, 3.63) is 48.7 Å². The predicted octanol–water partition coefficient (Wildman–Crippen LogP) is 6.17. The molecule has 1 heteroatoms. The van der Waals surface area contributed by atoms with E-state index in [1.807, 2.05) is 0 Å². The van der Waals surface area contributed by atoms with Crippen LogP contribution in [0.15, 0.2) is 43.1 Å². The van der Waals surface area contributed by atoms with Gasteiger partial charge in [-0.2, -0.15) is 0 Å². The van der Waals surface area contributed by atoms with E-state index in [1.165, 1.54) is 62.6 Å². The number of unbranched alkanes of at least 4 members (excludes halogenated alkanes) is 7. The number of hydrogen-bond donors (Lipinski definition) is 0. The highest BCUT2D eigenvalue weighted by Gasteiger charge is 2.13. The average molecular weight is 283 g/mol. The maximum absolute atomic E-state index is 4.12. The van der Waals surface area contributed by atoms with Crippen molar-refractivity contribution in [3.8, 4) is 0 Å². The van der Waals surface area contributed by atoms with E-state index in [0.29, 0.717) is 0 Å². The molecule has 1 aliphatic heterocycles. The number of fused-ring (bicyclic) bond motifs is 1. The number of benzene rings is 1. The van der Waals surface area contributed by atoms with Crippen molar-refractivity contribution in [1.82, 2.24) is 0 Å². The fourth-order valence-corrected chi connectivity index (χ4v) is 2.96. The third-order valence-electron chi connectivity index (χ3n) is 4.27. The van der Waals surface area contributed by atoms with Crippen molar-refractivity contribution in [2.45, 2.75) is 58.3 Å². The molecule has 0 bridgehead atoms. The first-order valence-electron chi connectivity index (χ1n) is 8.56. The van der Waals surface area contributed by atoms with E-state index < -0.39 is 0 Å². The van der Waals surface area contributed by atoms with Gasteiger partial charge in [0.25, 0.3) is 0 Å². The summed E-state index contributed by atoms with van der Waals surface area (Å²) in [7, 11) is 0. The van der Waals surface area contributed by atoms with Crippen LogP contribution in [0.3, 0.4) is 0 Å². The molecular formula is C20H29N.